The van der Waals surface area contributed by atoms with Crippen LogP contribution in [0.15, 0.2) is 48.5 Å². The number of nitrogens with one attached hydrogen (secondary N) is 3. The number of carbonyl (C=O) groups excluding carboxylic acids is 1. The summed E-state index contributed by atoms with van der Waals surface area (Å²) in [5.74, 6) is -0.701. The van der Waals surface area contributed by atoms with Gasteiger partial charge in [0.2, 0.25) is 3.79 Å². The maximum absolute atomic E-state index is 12.4. The Morgan fingerprint density at radius 3 is 2.39 bits per heavy atom. The summed E-state index contributed by atoms with van der Waals surface area (Å²) in [4.78, 5) is 22.7. The van der Waals surface area contributed by atoms with Crippen LogP contribution in [0.3, 0.4) is 0 Å². The number of hydrogen-bond acceptors (Lipinski definition) is 4. The van der Waals surface area contributed by atoms with Crippen LogP contribution < -0.4 is 16.0 Å². The minimum atomic E-state index is -1.98. The fourth-order valence-corrected chi connectivity index (χ4v) is 2.77. The number of benzene rings is 2. The Morgan fingerprint density at radius 2 is 1.79 bits per heavy atom. The molecule has 3 N–H and O–H groups in total. The van der Waals surface area contributed by atoms with Crippen LogP contribution in [0, 0.1) is 10.1 Å². The molecule has 0 bridgehead atoms. The maximum atomic E-state index is 12.4. The number of amides is 1. The second-order valence-electron chi connectivity index (χ2n) is 5.33. The van der Waals surface area contributed by atoms with Gasteiger partial charge < -0.3 is 16.0 Å². The number of nitro groups is 1. The van der Waals surface area contributed by atoms with Gasteiger partial charge in [0.1, 0.15) is 6.17 Å². The van der Waals surface area contributed by atoms with Crippen LogP contribution in [-0.4, -0.2) is 25.9 Å². The van der Waals surface area contributed by atoms with E-state index in [0.717, 1.165) is 6.07 Å². The highest BCUT2D eigenvalue weighted by Crippen LogP contribution is 2.29. The van der Waals surface area contributed by atoms with Crippen LogP contribution in [-0.2, 0) is 0 Å². The van der Waals surface area contributed by atoms with Gasteiger partial charge in [-0.15, -0.1) is 0 Å². The smallest absolute Gasteiger partial charge is 0.270 e. The number of rotatable bonds is 5. The van der Waals surface area contributed by atoms with Gasteiger partial charge in [-0.2, -0.15) is 0 Å². The van der Waals surface area contributed by atoms with Crippen molar-refractivity contribution in [2.24, 2.45) is 0 Å². The lowest BCUT2D eigenvalue weighted by Gasteiger charge is -2.27. The molecule has 2 aromatic carbocycles. The van der Waals surface area contributed by atoms with E-state index in [1.165, 1.54) is 18.2 Å². The van der Waals surface area contributed by atoms with E-state index in [9.17, 15) is 14.9 Å². The topological polar surface area (TPSA) is 96.3 Å². The minimum Gasteiger partial charge on any atom is -0.339 e. The highest BCUT2D eigenvalue weighted by atomic mass is 35.6. The summed E-state index contributed by atoms with van der Waals surface area (Å²) in [6.45, 7) is 0. The van der Waals surface area contributed by atoms with Crippen LogP contribution in [0.1, 0.15) is 10.4 Å². The van der Waals surface area contributed by atoms with E-state index in [1.807, 2.05) is 0 Å². The Balaban J connectivity index is 2.12. The standard InChI is InChI=1S/C16H12Cl4N4O3S/c17-11-6-1-2-7-12(11)21-15(28)23-14(16(18,19)20)22-13(25)9-4-3-5-10(8-9)24(26)27/h1-8,14H,(H,22,25)(H2,21,23,28). The second-order valence-corrected chi connectivity index (χ2v) is 8.52. The average molecular weight is 482 g/mol. The van der Waals surface area contributed by atoms with Crippen LogP contribution in [0.4, 0.5) is 11.4 Å². The van der Waals surface area contributed by atoms with Crippen molar-refractivity contribution < 1.29 is 9.72 Å². The van der Waals surface area contributed by atoms with Crippen molar-refractivity contribution in [2.45, 2.75) is 9.96 Å². The summed E-state index contributed by atoms with van der Waals surface area (Å²) in [6, 6.07) is 11.9. The Kier molecular flexibility index (Phi) is 7.68. The first-order chi connectivity index (χ1) is 13.1. The molecule has 1 atom stereocenters. The number of nitrogens with zero attached hydrogens (tertiary/aromatic N) is 1. The van der Waals surface area contributed by atoms with E-state index in [-0.39, 0.29) is 16.4 Å². The molecule has 28 heavy (non-hydrogen) atoms. The number of hydrogen-bond donors (Lipinski definition) is 3. The quantitative estimate of drug-likeness (QED) is 0.189. The first kappa shape index (κ1) is 22.4. The molecule has 0 heterocycles. The van der Waals surface area contributed by atoms with Gasteiger partial charge in [-0.1, -0.05) is 64.6 Å². The highest BCUT2D eigenvalue weighted by molar-refractivity contribution is 7.80. The number of non-ortho nitro benzene ring substituents is 1. The van der Waals surface area contributed by atoms with Crippen LogP contribution in [0.25, 0.3) is 0 Å². The fraction of sp³-hybridized carbons (Fsp3) is 0.125. The molecule has 1 unspecified atom stereocenters. The molecule has 0 aliphatic heterocycles. The number of para-hydroxylation sites is 1. The molecule has 0 saturated heterocycles. The number of halogens is 4. The van der Waals surface area contributed by atoms with E-state index in [4.69, 9.17) is 58.6 Å². The van der Waals surface area contributed by atoms with Gasteiger partial charge in [-0.25, -0.2) is 0 Å². The van der Waals surface area contributed by atoms with E-state index in [0.29, 0.717) is 10.7 Å². The fourth-order valence-electron chi connectivity index (χ4n) is 2.03. The van der Waals surface area contributed by atoms with Crippen molar-refractivity contribution in [3.63, 3.8) is 0 Å². The summed E-state index contributed by atoms with van der Waals surface area (Å²) in [5.41, 5.74) is 0.275. The molecule has 0 saturated carbocycles. The molecule has 0 fully saturated rings. The third-order valence-electron chi connectivity index (χ3n) is 3.32. The van der Waals surface area contributed by atoms with Crippen LogP contribution in [0.2, 0.25) is 5.02 Å². The van der Waals surface area contributed by atoms with Crippen molar-refractivity contribution >= 4 is 81.0 Å². The van der Waals surface area contributed by atoms with Gasteiger partial charge >= 0.3 is 0 Å². The number of thiocarbonyl (C=S) groups is 1. The largest absolute Gasteiger partial charge is 0.339 e. The number of alkyl halides is 3. The lowest BCUT2D eigenvalue weighted by Crippen LogP contribution is -2.56. The molecular weight excluding hydrogens is 470 g/mol. The van der Waals surface area contributed by atoms with E-state index < -0.39 is 20.8 Å². The molecule has 1 amide bonds. The van der Waals surface area contributed by atoms with Crippen LogP contribution in [0.5, 0.6) is 0 Å². The Hall–Kier alpha value is -1.84. The number of carbonyl (C=O) groups is 1. The van der Waals surface area contributed by atoms with E-state index >= 15 is 0 Å². The Morgan fingerprint density at radius 1 is 1.11 bits per heavy atom. The lowest BCUT2D eigenvalue weighted by atomic mass is 10.2. The molecule has 0 aromatic heterocycles. The first-order valence-corrected chi connectivity index (χ1v) is 9.44. The number of nitro benzene ring substituents is 1. The van der Waals surface area contributed by atoms with Crippen molar-refractivity contribution in [3.05, 3.63) is 69.2 Å². The van der Waals surface area contributed by atoms with Gasteiger partial charge in [-0.05, 0) is 30.4 Å². The van der Waals surface area contributed by atoms with Gasteiger partial charge in [0, 0.05) is 17.7 Å². The third kappa shape index (κ3) is 6.35. The Labute approximate surface area is 185 Å². The molecule has 0 radical (unpaired) electrons. The summed E-state index contributed by atoms with van der Waals surface area (Å²) in [5, 5.41) is 19.2. The minimum absolute atomic E-state index is 0.0141. The van der Waals surface area contributed by atoms with Crippen molar-refractivity contribution in [3.8, 4) is 0 Å². The predicted molar refractivity (Wildman–Crippen MR) is 115 cm³/mol. The third-order valence-corrected chi connectivity index (χ3v) is 4.52. The summed E-state index contributed by atoms with van der Waals surface area (Å²) < 4.78 is -1.98. The van der Waals surface area contributed by atoms with Crippen molar-refractivity contribution in [2.75, 3.05) is 5.32 Å². The van der Waals surface area contributed by atoms with Crippen LogP contribution >= 0.6 is 58.6 Å². The van der Waals surface area contributed by atoms with E-state index in [2.05, 4.69) is 16.0 Å². The molecule has 2 rings (SSSR count). The SMILES string of the molecule is O=C(NC(NC(=S)Nc1ccccc1Cl)C(Cl)(Cl)Cl)c1cccc([N+](=O)[O-])c1. The zero-order valence-electron chi connectivity index (χ0n) is 13.8. The molecule has 7 nitrogen and oxygen atoms in total. The maximum Gasteiger partial charge on any atom is 0.270 e. The van der Waals surface area contributed by atoms with Crippen molar-refractivity contribution in [1.82, 2.24) is 10.6 Å². The normalized spacial score (nSPS) is 12.0. The molecule has 0 aliphatic rings. The van der Waals surface area contributed by atoms with Gasteiger partial charge in [0.15, 0.2) is 5.11 Å². The molecular formula is C16H12Cl4N4O3S. The van der Waals surface area contributed by atoms with Gasteiger partial charge in [-0.3, -0.25) is 14.9 Å². The molecule has 2 aromatic rings. The molecule has 0 spiro atoms. The van der Waals surface area contributed by atoms with E-state index in [1.54, 1.807) is 24.3 Å². The lowest BCUT2D eigenvalue weighted by molar-refractivity contribution is -0.384. The summed E-state index contributed by atoms with van der Waals surface area (Å²) >= 11 is 29.0. The molecule has 12 heteroatoms. The number of anilines is 1. The first-order valence-electron chi connectivity index (χ1n) is 7.52. The molecule has 148 valence electrons. The molecule has 0 aliphatic carbocycles. The Bertz CT molecular complexity index is 907. The average Bonchev–Trinajstić information content (AvgIpc) is 2.62. The second kappa shape index (κ2) is 9.58. The van der Waals surface area contributed by atoms with Crippen molar-refractivity contribution in [1.29, 1.82) is 0 Å². The summed E-state index contributed by atoms with van der Waals surface area (Å²) in [6.07, 6.45) is -1.24. The van der Waals surface area contributed by atoms with Gasteiger partial charge in [0.25, 0.3) is 11.6 Å². The van der Waals surface area contributed by atoms with Gasteiger partial charge in [0.05, 0.1) is 15.6 Å². The monoisotopic (exact) mass is 480 g/mol. The zero-order chi connectivity index (χ0) is 20.9. The highest BCUT2D eigenvalue weighted by Gasteiger charge is 2.35. The summed E-state index contributed by atoms with van der Waals surface area (Å²) in [7, 11) is 0. The predicted octanol–water partition coefficient (Wildman–Crippen LogP) is 4.66. The zero-order valence-corrected chi connectivity index (χ0v) is 17.6.